The Morgan fingerprint density at radius 3 is 2.62 bits per heavy atom. The van der Waals surface area contributed by atoms with Crippen molar-refractivity contribution in [2.45, 2.75) is 69.8 Å². The average Bonchev–Trinajstić information content (AvgIpc) is 3.35. The Labute approximate surface area is 236 Å². The van der Waals surface area contributed by atoms with E-state index in [1.807, 2.05) is 32.0 Å². The van der Waals surface area contributed by atoms with Crippen LogP contribution in [-0.4, -0.2) is 60.4 Å². The van der Waals surface area contributed by atoms with Gasteiger partial charge in [-0.05, 0) is 58.9 Å². The maximum atomic E-state index is 12.9. The highest BCUT2D eigenvalue weighted by Crippen LogP contribution is 2.32. The van der Waals surface area contributed by atoms with Crippen molar-refractivity contribution in [3.05, 3.63) is 65.1 Å². The molecule has 0 amide bonds. The maximum absolute atomic E-state index is 12.9. The van der Waals surface area contributed by atoms with Crippen LogP contribution in [0, 0.1) is 0 Å². The Balaban J connectivity index is 1.58. The van der Waals surface area contributed by atoms with E-state index in [0.717, 1.165) is 37.4 Å². The molecular weight excluding hydrogens is 536 g/mol. The zero-order chi connectivity index (χ0) is 28.2. The lowest BCUT2D eigenvalue weighted by Crippen LogP contribution is -2.24. The van der Waals surface area contributed by atoms with E-state index in [0.29, 0.717) is 29.5 Å². The standard InChI is InChI=1S/C29H37ClN4O4S/c1-6-34-14-13-23(18-34)38-22-12-11-21(26(16-22)37-19(2)3)15-28-31-17-24(30)29(33-28)32-25-9-7-8-10-27(25)39(35,36)20(4)5/h7-12,16-17,19-20,23H,6,13-15,18H2,1-5H3,(H,31,32,33). The van der Waals surface area contributed by atoms with E-state index in [2.05, 4.69) is 27.1 Å². The van der Waals surface area contributed by atoms with Crippen LogP contribution in [0.3, 0.4) is 0 Å². The first-order chi connectivity index (χ1) is 18.6. The molecule has 210 valence electrons. The topological polar surface area (TPSA) is 93.7 Å². The van der Waals surface area contributed by atoms with Crippen LogP contribution in [0.2, 0.25) is 5.02 Å². The number of anilines is 2. The van der Waals surface area contributed by atoms with Crippen molar-refractivity contribution in [3.63, 3.8) is 0 Å². The predicted octanol–water partition coefficient (Wildman–Crippen LogP) is 5.91. The highest BCUT2D eigenvalue weighted by atomic mass is 35.5. The van der Waals surface area contributed by atoms with Gasteiger partial charge in [0.25, 0.3) is 0 Å². The summed E-state index contributed by atoms with van der Waals surface area (Å²) in [5, 5.41) is 2.84. The monoisotopic (exact) mass is 572 g/mol. The highest BCUT2D eigenvalue weighted by molar-refractivity contribution is 7.92. The van der Waals surface area contributed by atoms with E-state index in [1.165, 1.54) is 6.20 Å². The summed E-state index contributed by atoms with van der Waals surface area (Å²) in [7, 11) is -3.51. The summed E-state index contributed by atoms with van der Waals surface area (Å²) < 4.78 is 38.2. The first-order valence-electron chi connectivity index (χ1n) is 13.4. The normalized spacial score (nSPS) is 16.2. The minimum atomic E-state index is -3.51. The fourth-order valence-electron chi connectivity index (χ4n) is 4.44. The number of rotatable bonds is 11. The van der Waals surface area contributed by atoms with E-state index >= 15 is 0 Å². The summed E-state index contributed by atoms with van der Waals surface area (Å²) in [4.78, 5) is 11.6. The van der Waals surface area contributed by atoms with E-state index in [1.54, 1.807) is 38.1 Å². The second-order valence-electron chi connectivity index (χ2n) is 10.2. The van der Waals surface area contributed by atoms with E-state index in [4.69, 9.17) is 21.1 Å². The summed E-state index contributed by atoms with van der Waals surface area (Å²) >= 11 is 6.42. The molecule has 1 fully saturated rings. The summed E-state index contributed by atoms with van der Waals surface area (Å²) in [6.07, 6.45) is 3.06. The third kappa shape index (κ3) is 7.21. The number of halogens is 1. The number of likely N-dealkylation sites (tertiary alicyclic amines) is 1. The third-order valence-electron chi connectivity index (χ3n) is 6.59. The molecular formula is C29H37ClN4O4S. The molecule has 39 heavy (non-hydrogen) atoms. The molecule has 2 aromatic carbocycles. The number of likely N-dealkylation sites (N-methyl/N-ethyl adjacent to an activating group) is 1. The molecule has 4 rings (SSSR count). The van der Waals surface area contributed by atoms with Crippen LogP contribution in [0.1, 0.15) is 52.4 Å². The Bertz CT molecular complexity index is 1400. The molecule has 8 nitrogen and oxygen atoms in total. The summed E-state index contributed by atoms with van der Waals surface area (Å²) in [5.41, 5.74) is 1.32. The van der Waals surface area contributed by atoms with Gasteiger partial charge < -0.3 is 14.8 Å². The van der Waals surface area contributed by atoms with E-state index in [-0.39, 0.29) is 22.1 Å². The smallest absolute Gasteiger partial charge is 0.182 e. The second-order valence-corrected chi connectivity index (χ2v) is 13.1. The Morgan fingerprint density at radius 2 is 1.92 bits per heavy atom. The molecule has 1 atom stereocenters. The van der Waals surface area contributed by atoms with Crippen LogP contribution >= 0.6 is 11.6 Å². The van der Waals surface area contributed by atoms with E-state index in [9.17, 15) is 8.42 Å². The Kier molecular flexibility index (Phi) is 9.35. The molecule has 0 spiro atoms. The van der Waals surface area contributed by atoms with Gasteiger partial charge in [0, 0.05) is 31.1 Å². The van der Waals surface area contributed by atoms with Gasteiger partial charge in [-0.3, -0.25) is 4.90 Å². The zero-order valence-corrected chi connectivity index (χ0v) is 24.7. The van der Waals surface area contributed by atoms with Gasteiger partial charge in [-0.15, -0.1) is 0 Å². The second kappa shape index (κ2) is 12.5. The highest BCUT2D eigenvalue weighted by Gasteiger charge is 2.24. The van der Waals surface area contributed by atoms with E-state index < -0.39 is 15.1 Å². The minimum absolute atomic E-state index is 0.0242. The lowest BCUT2D eigenvalue weighted by atomic mass is 10.1. The molecule has 1 unspecified atom stereocenters. The molecule has 1 saturated heterocycles. The van der Waals surface area contributed by atoms with Crippen molar-refractivity contribution in [2.75, 3.05) is 25.0 Å². The number of nitrogens with one attached hydrogen (secondary N) is 1. The van der Waals surface area contributed by atoms with Crippen LogP contribution in [-0.2, 0) is 16.3 Å². The Hall–Kier alpha value is -2.88. The quantitative estimate of drug-likeness (QED) is 0.303. The first-order valence-corrected chi connectivity index (χ1v) is 15.3. The van der Waals surface area contributed by atoms with Crippen molar-refractivity contribution in [1.29, 1.82) is 0 Å². The number of para-hydroxylation sites is 1. The van der Waals surface area contributed by atoms with Crippen LogP contribution in [0.5, 0.6) is 11.5 Å². The predicted molar refractivity (Wildman–Crippen MR) is 155 cm³/mol. The number of hydrogen-bond acceptors (Lipinski definition) is 8. The van der Waals surface area contributed by atoms with Crippen molar-refractivity contribution >= 4 is 32.9 Å². The van der Waals surface area contributed by atoms with Gasteiger partial charge in [0.2, 0.25) is 0 Å². The molecule has 0 aliphatic carbocycles. The SMILES string of the molecule is CCN1CCC(Oc2ccc(Cc3ncc(Cl)c(Nc4ccccc4S(=O)(=O)C(C)C)n3)c(OC(C)C)c2)C1. The van der Waals surface area contributed by atoms with Gasteiger partial charge in [-0.25, -0.2) is 18.4 Å². The molecule has 3 aromatic rings. The van der Waals surface area contributed by atoms with Crippen LogP contribution < -0.4 is 14.8 Å². The van der Waals surface area contributed by atoms with Gasteiger partial charge in [0.15, 0.2) is 15.7 Å². The molecule has 1 aromatic heterocycles. The summed E-state index contributed by atoms with van der Waals surface area (Å²) in [6, 6.07) is 12.6. The van der Waals surface area contributed by atoms with Crippen LogP contribution in [0.25, 0.3) is 0 Å². The minimum Gasteiger partial charge on any atom is -0.491 e. The number of hydrogen-bond donors (Lipinski definition) is 1. The average molecular weight is 573 g/mol. The fraction of sp³-hybridized carbons (Fsp3) is 0.448. The number of aromatic nitrogens is 2. The first kappa shape index (κ1) is 29.1. The number of nitrogens with zero attached hydrogens (tertiary/aromatic N) is 3. The fourth-order valence-corrected chi connectivity index (χ4v) is 5.78. The van der Waals surface area contributed by atoms with Gasteiger partial charge in [0.05, 0.1) is 28.1 Å². The van der Waals surface area contributed by atoms with Crippen LogP contribution in [0.4, 0.5) is 11.5 Å². The molecule has 0 radical (unpaired) electrons. The van der Waals surface area contributed by atoms with Gasteiger partial charge in [-0.2, -0.15) is 0 Å². The number of ether oxygens (including phenoxy) is 2. The molecule has 2 heterocycles. The lowest BCUT2D eigenvalue weighted by Gasteiger charge is -2.19. The third-order valence-corrected chi connectivity index (χ3v) is 9.08. The van der Waals surface area contributed by atoms with Crippen LogP contribution in [0.15, 0.2) is 53.6 Å². The van der Waals surface area contributed by atoms with Gasteiger partial charge in [0.1, 0.15) is 28.5 Å². The lowest BCUT2D eigenvalue weighted by molar-refractivity contribution is 0.199. The molecule has 1 N–H and O–H groups in total. The van der Waals surface area contributed by atoms with Gasteiger partial charge >= 0.3 is 0 Å². The molecule has 0 bridgehead atoms. The maximum Gasteiger partial charge on any atom is 0.182 e. The number of sulfone groups is 1. The summed E-state index contributed by atoms with van der Waals surface area (Å²) in [6.45, 7) is 12.4. The Morgan fingerprint density at radius 1 is 1.15 bits per heavy atom. The largest absolute Gasteiger partial charge is 0.491 e. The molecule has 0 saturated carbocycles. The number of benzene rings is 2. The van der Waals surface area contributed by atoms with Crippen molar-refractivity contribution in [1.82, 2.24) is 14.9 Å². The molecule has 1 aliphatic heterocycles. The van der Waals surface area contributed by atoms with Crippen molar-refractivity contribution in [2.24, 2.45) is 0 Å². The summed E-state index contributed by atoms with van der Waals surface area (Å²) in [5.74, 6) is 2.35. The van der Waals surface area contributed by atoms with Gasteiger partial charge in [-0.1, -0.05) is 36.7 Å². The van der Waals surface area contributed by atoms with Crippen molar-refractivity contribution < 1.29 is 17.9 Å². The molecule has 10 heteroatoms. The zero-order valence-electron chi connectivity index (χ0n) is 23.1. The molecule has 1 aliphatic rings. The van der Waals surface area contributed by atoms with Crippen molar-refractivity contribution in [3.8, 4) is 11.5 Å².